The van der Waals surface area contributed by atoms with Crippen LogP contribution in [0, 0.1) is 5.92 Å². The second-order valence-corrected chi connectivity index (χ2v) is 6.61. The molecular formula is C21H28O3. The van der Waals surface area contributed by atoms with E-state index in [-0.39, 0.29) is 23.6 Å². The van der Waals surface area contributed by atoms with Gasteiger partial charge in [-0.3, -0.25) is 9.59 Å². The number of carbonyl (C=O) groups excluding carboxylic acids is 2. The second-order valence-electron chi connectivity index (χ2n) is 6.61. The van der Waals surface area contributed by atoms with Gasteiger partial charge in [0.25, 0.3) is 0 Å². The Hall–Kier alpha value is -1.90. The zero-order chi connectivity index (χ0) is 17.5. The molecule has 1 aromatic carbocycles. The lowest BCUT2D eigenvalue weighted by Crippen LogP contribution is -2.25. The van der Waals surface area contributed by atoms with E-state index in [0.717, 1.165) is 30.4 Å². The third-order valence-corrected chi connectivity index (χ3v) is 4.89. The number of carbonyl (C=O) groups is 2. The van der Waals surface area contributed by atoms with Gasteiger partial charge >= 0.3 is 5.97 Å². The zero-order valence-electron chi connectivity index (χ0n) is 15.0. The first kappa shape index (κ1) is 18.4. The summed E-state index contributed by atoms with van der Waals surface area (Å²) in [5, 5.41) is 0. The number of hydrogen-bond acceptors (Lipinski definition) is 3. The largest absolute Gasteiger partial charge is 0.468 e. The summed E-state index contributed by atoms with van der Waals surface area (Å²) < 4.78 is 4.98. The maximum absolute atomic E-state index is 12.9. The maximum atomic E-state index is 12.9. The van der Waals surface area contributed by atoms with Crippen LogP contribution in [0.25, 0.3) is 0 Å². The van der Waals surface area contributed by atoms with Crippen LogP contribution in [-0.4, -0.2) is 18.9 Å². The fourth-order valence-corrected chi connectivity index (χ4v) is 3.46. The lowest BCUT2D eigenvalue weighted by atomic mass is 9.77. The highest BCUT2D eigenvalue weighted by Crippen LogP contribution is 2.36. The average molecular weight is 328 g/mol. The maximum Gasteiger partial charge on any atom is 0.317 e. The third kappa shape index (κ3) is 4.14. The van der Waals surface area contributed by atoms with Crippen molar-refractivity contribution in [2.75, 3.05) is 7.11 Å². The van der Waals surface area contributed by atoms with Crippen molar-refractivity contribution in [1.82, 2.24) is 0 Å². The van der Waals surface area contributed by atoms with Gasteiger partial charge in [0.05, 0.1) is 7.11 Å². The molecule has 1 aliphatic carbocycles. The summed E-state index contributed by atoms with van der Waals surface area (Å²) in [4.78, 5) is 25.1. The van der Waals surface area contributed by atoms with E-state index in [9.17, 15) is 9.59 Å². The second kappa shape index (κ2) is 8.81. The number of esters is 1. The van der Waals surface area contributed by atoms with E-state index in [0.29, 0.717) is 0 Å². The Kier molecular flexibility index (Phi) is 6.77. The molecule has 0 amide bonds. The first-order valence-corrected chi connectivity index (χ1v) is 8.98. The Bertz CT molecular complexity index is 603. The van der Waals surface area contributed by atoms with E-state index in [1.54, 1.807) is 0 Å². The number of ketones is 1. The molecule has 0 spiro atoms. The minimum Gasteiger partial charge on any atom is -0.468 e. The van der Waals surface area contributed by atoms with Crippen LogP contribution >= 0.6 is 0 Å². The van der Waals surface area contributed by atoms with Gasteiger partial charge in [-0.1, -0.05) is 75.9 Å². The Labute approximate surface area is 145 Å². The fraction of sp³-hybridized carbons (Fsp3) is 0.524. The van der Waals surface area contributed by atoms with Crippen LogP contribution in [-0.2, 0) is 14.3 Å². The smallest absolute Gasteiger partial charge is 0.317 e. The summed E-state index contributed by atoms with van der Waals surface area (Å²) in [5.41, 5.74) is 1.90. The fourth-order valence-electron chi connectivity index (χ4n) is 3.46. The number of hydrogen-bond donors (Lipinski definition) is 0. The van der Waals surface area contributed by atoms with E-state index in [4.69, 9.17) is 4.74 Å². The Morgan fingerprint density at radius 1 is 1.08 bits per heavy atom. The van der Waals surface area contributed by atoms with Crippen molar-refractivity contribution in [2.45, 2.75) is 57.8 Å². The van der Waals surface area contributed by atoms with Crippen LogP contribution < -0.4 is 0 Å². The van der Waals surface area contributed by atoms with E-state index < -0.39 is 5.92 Å². The molecule has 0 heterocycles. The van der Waals surface area contributed by atoms with E-state index in [2.05, 4.69) is 6.92 Å². The van der Waals surface area contributed by atoms with E-state index in [1.165, 1.54) is 20.0 Å². The van der Waals surface area contributed by atoms with Gasteiger partial charge < -0.3 is 4.74 Å². The first-order valence-electron chi connectivity index (χ1n) is 8.98. The molecule has 1 aromatic rings. The molecule has 1 aliphatic rings. The highest BCUT2D eigenvalue weighted by Gasteiger charge is 2.32. The van der Waals surface area contributed by atoms with E-state index >= 15 is 0 Å². The van der Waals surface area contributed by atoms with Crippen LogP contribution in [0.4, 0.5) is 0 Å². The summed E-state index contributed by atoms with van der Waals surface area (Å²) in [5.74, 6) is -0.768. The molecule has 3 nitrogen and oxygen atoms in total. The van der Waals surface area contributed by atoms with E-state index in [1.807, 2.05) is 43.3 Å². The lowest BCUT2D eigenvalue weighted by Gasteiger charge is -2.26. The standard InChI is InChI=1S/C21H28O3/c1-4-5-6-7-12-18-16-10-8-9-11-17(16)19(21(23)24-3)14-13-15(2)20(18)22/h8-11,13-15,18-19H,4-7,12H2,1-3H3/t15-,18+,19+/m0/s1. The van der Waals surface area contributed by atoms with Crippen LogP contribution in [0.2, 0.25) is 0 Å². The summed E-state index contributed by atoms with van der Waals surface area (Å²) in [7, 11) is 1.41. The number of methoxy groups -OCH3 is 1. The van der Waals surface area contributed by atoms with Crippen molar-refractivity contribution >= 4 is 11.8 Å². The highest BCUT2D eigenvalue weighted by molar-refractivity contribution is 5.91. The Balaban J connectivity index is 2.38. The molecule has 3 atom stereocenters. The normalized spacial score (nSPS) is 23.3. The van der Waals surface area contributed by atoms with Gasteiger partial charge in [-0.25, -0.2) is 0 Å². The minimum absolute atomic E-state index is 0.134. The lowest BCUT2D eigenvalue weighted by molar-refractivity contribution is -0.141. The molecule has 24 heavy (non-hydrogen) atoms. The average Bonchev–Trinajstić information content (AvgIpc) is 2.60. The predicted molar refractivity (Wildman–Crippen MR) is 96.0 cm³/mol. The predicted octanol–water partition coefficient (Wildman–Crippen LogP) is 4.77. The molecule has 2 rings (SSSR count). The number of allylic oxidation sites excluding steroid dienone is 1. The van der Waals surface area contributed by atoms with Crippen LogP contribution in [0.15, 0.2) is 36.4 Å². The molecule has 0 N–H and O–H groups in total. The number of rotatable bonds is 6. The molecule has 0 radical (unpaired) electrons. The van der Waals surface area contributed by atoms with Crippen molar-refractivity contribution in [3.63, 3.8) is 0 Å². The number of Topliss-reactive ketones (excluding diaryl/α,β-unsaturated/α-hetero) is 1. The van der Waals surface area contributed by atoms with Gasteiger partial charge in [0.2, 0.25) is 0 Å². The molecule has 0 bridgehead atoms. The van der Waals surface area contributed by atoms with Crippen molar-refractivity contribution in [3.05, 3.63) is 47.5 Å². The van der Waals surface area contributed by atoms with Crippen molar-refractivity contribution in [2.24, 2.45) is 5.92 Å². The molecule has 3 heteroatoms. The van der Waals surface area contributed by atoms with Crippen LogP contribution in [0.5, 0.6) is 0 Å². The number of fused-ring (bicyclic) bond motifs is 1. The molecule has 0 saturated carbocycles. The Morgan fingerprint density at radius 3 is 2.46 bits per heavy atom. The molecular weight excluding hydrogens is 300 g/mol. The Morgan fingerprint density at radius 2 is 1.79 bits per heavy atom. The van der Waals surface area contributed by atoms with Crippen molar-refractivity contribution in [3.8, 4) is 0 Å². The van der Waals surface area contributed by atoms with Gasteiger partial charge in [0.1, 0.15) is 11.7 Å². The third-order valence-electron chi connectivity index (χ3n) is 4.89. The quantitative estimate of drug-likeness (QED) is 0.429. The molecule has 130 valence electrons. The number of ether oxygens (including phenoxy) is 1. The molecule has 0 aromatic heterocycles. The minimum atomic E-state index is -0.431. The summed E-state index contributed by atoms with van der Waals surface area (Å²) in [6, 6.07) is 7.82. The van der Waals surface area contributed by atoms with Crippen molar-refractivity contribution in [1.29, 1.82) is 0 Å². The summed E-state index contributed by atoms with van der Waals surface area (Å²) >= 11 is 0. The topological polar surface area (TPSA) is 43.4 Å². The highest BCUT2D eigenvalue weighted by atomic mass is 16.5. The molecule has 0 saturated heterocycles. The summed E-state index contributed by atoms with van der Waals surface area (Å²) in [6.07, 6.45) is 9.09. The van der Waals surface area contributed by atoms with Gasteiger partial charge in [-0.05, 0) is 17.5 Å². The zero-order valence-corrected chi connectivity index (χ0v) is 15.0. The van der Waals surface area contributed by atoms with Crippen LogP contribution in [0.1, 0.15) is 68.9 Å². The molecule has 0 fully saturated rings. The van der Waals surface area contributed by atoms with Gasteiger partial charge in [-0.2, -0.15) is 0 Å². The van der Waals surface area contributed by atoms with Gasteiger partial charge in [0.15, 0.2) is 0 Å². The molecule has 0 unspecified atom stereocenters. The van der Waals surface area contributed by atoms with Crippen LogP contribution in [0.3, 0.4) is 0 Å². The number of unbranched alkanes of at least 4 members (excludes halogenated alkanes) is 3. The SMILES string of the molecule is CCCCCC[C@H]1C(=O)[C@@H](C)C=C[C@@H](C(=O)OC)c2ccccc21. The monoisotopic (exact) mass is 328 g/mol. The summed E-state index contributed by atoms with van der Waals surface area (Å²) in [6.45, 7) is 4.10. The van der Waals surface area contributed by atoms with Crippen molar-refractivity contribution < 1.29 is 14.3 Å². The van der Waals surface area contributed by atoms with Gasteiger partial charge in [-0.15, -0.1) is 0 Å². The first-order chi connectivity index (χ1) is 11.6. The number of benzene rings is 1. The van der Waals surface area contributed by atoms with Gasteiger partial charge in [0, 0.05) is 11.8 Å². The molecule has 0 aliphatic heterocycles.